The van der Waals surface area contributed by atoms with Gasteiger partial charge in [0.1, 0.15) is 0 Å². The molecule has 0 aliphatic rings. The first kappa shape index (κ1) is 25.9. The molecule has 0 aromatic carbocycles. The average Bonchev–Trinajstić information content (AvgIpc) is 1.41. The molecule has 0 aliphatic heterocycles. The molecule has 0 saturated heterocycles. The summed E-state index contributed by atoms with van der Waals surface area (Å²) in [5.41, 5.74) is 0. The Hall–Kier alpha value is 1.18. The molecular weight excluding hydrogens is 255 g/mol. The Labute approximate surface area is 120 Å². The minimum Gasteiger partial charge on any atom is -0.342 e. The Morgan fingerprint density at radius 1 is 0.438 bits per heavy atom. The Balaban J connectivity index is -0.0000000655. The van der Waals surface area contributed by atoms with Crippen LogP contribution in [-0.4, -0.2) is 41.6 Å². The summed E-state index contributed by atoms with van der Waals surface area (Å²) in [5.74, 6) is 0. The van der Waals surface area contributed by atoms with E-state index in [2.05, 4.69) is 78.6 Å². The molecule has 0 aromatic rings. The SMILES string of the molecule is [Al+3].[CH2-][Si](C)(C)C.[CH2-][Si](C)(C)C.[CH2-][Si](C)(C)C. The van der Waals surface area contributed by atoms with Crippen molar-refractivity contribution in [3.8, 4) is 0 Å². The van der Waals surface area contributed by atoms with Gasteiger partial charge < -0.3 is 19.6 Å². The van der Waals surface area contributed by atoms with Gasteiger partial charge >= 0.3 is 17.4 Å². The summed E-state index contributed by atoms with van der Waals surface area (Å²) in [7, 11) is -2.58. The van der Waals surface area contributed by atoms with Gasteiger partial charge in [0.05, 0.1) is 0 Å². The number of hydrogen-bond acceptors (Lipinski definition) is 0. The molecule has 0 aromatic heterocycles. The van der Waals surface area contributed by atoms with E-state index in [1.165, 1.54) is 0 Å². The topological polar surface area (TPSA) is 0 Å². The van der Waals surface area contributed by atoms with Crippen LogP contribution in [0.3, 0.4) is 0 Å². The van der Waals surface area contributed by atoms with E-state index in [1.807, 2.05) is 0 Å². The van der Waals surface area contributed by atoms with Crippen LogP contribution >= 0.6 is 0 Å². The van der Waals surface area contributed by atoms with Gasteiger partial charge in [-0.15, -0.1) is 24.2 Å². The van der Waals surface area contributed by atoms with E-state index in [0.717, 1.165) is 0 Å². The fourth-order valence-electron chi connectivity index (χ4n) is 0. The van der Waals surface area contributed by atoms with Gasteiger partial charge in [-0.2, -0.15) is 0 Å². The molecule has 16 heavy (non-hydrogen) atoms. The van der Waals surface area contributed by atoms with Crippen LogP contribution in [-0.2, 0) is 0 Å². The van der Waals surface area contributed by atoms with E-state index in [0.29, 0.717) is 0 Å². The normalized spacial score (nSPS) is 11.2. The average molecular weight is 289 g/mol. The molecule has 0 heterocycles. The maximum atomic E-state index is 3.91. The molecule has 0 bridgehead atoms. The van der Waals surface area contributed by atoms with Crippen LogP contribution in [0, 0.1) is 19.6 Å². The minimum atomic E-state index is -0.861. The second kappa shape index (κ2) is 10.1. The Morgan fingerprint density at radius 3 is 0.438 bits per heavy atom. The van der Waals surface area contributed by atoms with E-state index in [-0.39, 0.29) is 17.4 Å². The zero-order valence-corrected chi connectivity index (χ0v) is 17.4. The van der Waals surface area contributed by atoms with E-state index >= 15 is 0 Å². The van der Waals surface area contributed by atoms with Crippen molar-refractivity contribution in [1.82, 2.24) is 0 Å². The third kappa shape index (κ3) is 2180. The first-order valence-electron chi connectivity index (χ1n) is 5.56. The fraction of sp³-hybridized carbons (Fsp3) is 0.750. The summed E-state index contributed by atoms with van der Waals surface area (Å²) < 4.78 is 0. The molecule has 0 spiro atoms. The zero-order chi connectivity index (χ0) is 13.5. The number of hydrogen-bond donors (Lipinski definition) is 0. The van der Waals surface area contributed by atoms with Crippen molar-refractivity contribution in [3.05, 3.63) is 19.6 Å². The monoisotopic (exact) mass is 288 g/mol. The zero-order valence-electron chi connectivity index (χ0n) is 13.2. The quantitative estimate of drug-likeness (QED) is 0.447. The van der Waals surface area contributed by atoms with Gasteiger partial charge in [-0.25, -0.2) is 0 Å². The van der Waals surface area contributed by atoms with Crippen molar-refractivity contribution in [2.24, 2.45) is 0 Å². The van der Waals surface area contributed by atoms with Gasteiger partial charge in [0.2, 0.25) is 0 Å². The van der Waals surface area contributed by atoms with E-state index < -0.39 is 24.2 Å². The van der Waals surface area contributed by atoms with Crippen LogP contribution in [0.4, 0.5) is 0 Å². The van der Waals surface area contributed by atoms with Gasteiger partial charge in [0.15, 0.2) is 0 Å². The Kier molecular flexibility index (Phi) is 16.4. The van der Waals surface area contributed by atoms with E-state index in [4.69, 9.17) is 0 Å². The molecular formula is C12H33AlSi3. The summed E-state index contributed by atoms with van der Waals surface area (Å²) in [6.07, 6.45) is 0. The molecule has 0 unspecified atom stereocenters. The molecule has 0 fully saturated rings. The molecule has 0 amide bonds. The number of rotatable bonds is 0. The summed E-state index contributed by atoms with van der Waals surface area (Å²) >= 11 is 0. The largest absolute Gasteiger partial charge is 3.00 e. The van der Waals surface area contributed by atoms with Gasteiger partial charge in [0, 0.05) is 0 Å². The molecule has 96 valence electrons. The molecule has 0 saturated carbocycles. The fourth-order valence-corrected chi connectivity index (χ4v) is 0. The summed E-state index contributed by atoms with van der Waals surface area (Å²) in [5, 5.41) is 0. The van der Waals surface area contributed by atoms with Crippen molar-refractivity contribution >= 4 is 41.6 Å². The van der Waals surface area contributed by atoms with Crippen molar-refractivity contribution in [3.63, 3.8) is 0 Å². The smallest absolute Gasteiger partial charge is 0.342 e. The Bertz CT molecular complexity index is 91.3. The molecule has 0 N–H and O–H groups in total. The summed E-state index contributed by atoms with van der Waals surface area (Å²) in [4.78, 5) is 0. The van der Waals surface area contributed by atoms with Crippen molar-refractivity contribution in [2.75, 3.05) is 0 Å². The minimum absolute atomic E-state index is 0. The molecule has 0 atom stereocenters. The molecule has 0 radical (unpaired) electrons. The molecule has 0 aliphatic carbocycles. The van der Waals surface area contributed by atoms with Gasteiger partial charge in [0.25, 0.3) is 0 Å². The maximum absolute atomic E-state index is 3.91. The second-order valence-corrected chi connectivity index (χ2v) is 23.0. The Morgan fingerprint density at radius 2 is 0.438 bits per heavy atom. The standard InChI is InChI=1S/3C4H11Si.Al/c3*1-5(2,3)4;/h3*1H2,2-4H3;/q3*-1;+3. The van der Waals surface area contributed by atoms with Crippen LogP contribution in [0.2, 0.25) is 58.9 Å². The maximum Gasteiger partial charge on any atom is 3.00 e. The molecule has 0 nitrogen and oxygen atoms in total. The first-order chi connectivity index (χ1) is 6.00. The van der Waals surface area contributed by atoms with Gasteiger partial charge in [-0.05, 0) is 0 Å². The first-order valence-corrected chi connectivity index (χ1v) is 16.7. The van der Waals surface area contributed by atoms with Crippen molar-refractivity contribution in [1.29, 1.82) is 0 Å². The van der Waals surface area contributed by atoms with Crippen LogP contribution in [0.5, 0.6) is 0 Å². The van der Waals surface area contributed by atoms with Crippen LogP contribution in [0.25, 0.3) is 0 Å². The van der Waals surface area contributed by atoms with E-state index in [9.17, 15) is 0 Å². The van der Waals surface area contributed by atoms with E-state index in [1.54, 1.807) is 0 Å². The molecule has 4 heteroatoms. The van der Waals surface area contributed by atoms with Crippen LogP contribution in [0.1, 0.15) is 0 Å². The van der Waals surface area contributed by atoms with Crippen LogP contribution < -0.4 is 0 Å². The van der Waals surface area contributed by atoms with Crippen molar-refractivity contribution in [2.45, 2.75) is 58.9 Å². The van der Waals surface area contributed by atoms with Gasteiger partial charge in [-0.1, -0.05) is 58.9 Å². The summed E-state index contributed by atoms with van der Waals surface area (Å²) in [6, 6.07) is 0. The molecule has 0 rings (SSSR count). The third-order valence-corrected chi connectivity index (χ3v) is 0. The third-order valence-electron chi connectivity index (χ3n) is 0. The van der Waals surface area contributed by atoms with Crippen molar-refractivity contribution < 1.29 is 0 Å². The van der Waals surface area contributed by atoms with Gasteiger partial charge in [-0.3, -0.25) is 0 Å². The van der Waals surface area contributed by atoms with Crippen LogP contribution in [0.15, 0.2) is 0 Å². The summed E-state index contributed by atoms with van der Waals surface area (Å²) in [6.45, 7) is 31.7. The second-order valence-electron chi connectivity index (χ2n) is 7.68. The predicted molar refractivity (Wildman–Crippen MR) is 91.9 cm³/mol. The predicted octanol–water partition coefficient (Wildman–Crippen LogP) is 4.71.